The van der Waals surface area contributed by atoms with Gasteiger partial charge in [0.25, 0.3) is 0 Å². The molecule has 5 aliphatic heterocycles. The highest BCUT2D eigenvalue weighted by Gasteiger charge is 2.49. The predicted molar refractivity (Wildman–Crippen MR) is 162 cm³/mol. The SMILES string of the molecule is CN1C[C@H](F)C[C@H]1COc1nc2c3cnc(c(F)c3n1)-c1c(c(Cl)cc3[nH]ncc13)CCOC(=O)OC1CC3(CCCN2C3)C1. The Morgan fingerprint density at radius 2 is 2.11 bits per heavy atom. The van der Waals surface area contributed by atoms with Crippen LogP contribution in [0.5, 0.6) is 6.01 Å². The van der Waals surface area contributed by atoms with Crippen LogP contribution in [0.3, 0.4) is 0 Å². The molecule has 4 aromatic rings. The molecule has 6 aliphatic rings. The van der Waals surface area contributed by atoms with Gasteiger partial charge < -0.3 is 19.1 Å². The molecule has 1 aromatic carbocycles. The van der Waals surface area contributed by atoms with Crippen LogP contribution in [0.2, 0.25) is 5.02 Å². The maximum Gasteiger partial charge on any atom is 0.508 e. The minimum atomic E-state index is -0.925. The van der Waals surface area contributed by atoms with Gasteiger partial charge in [0.05, 0.1) is 23.7 Å². The Balaban J connectivity index is 1.29. The molecule has 11 nitrogen and oxygen atoms in total. The number of alkyl halides is 1. The number of aromatic nitrogens is 5. The van der Waals surface area contributed by atoms with Crippen LogP contribution in [0.25, 0.3) is 33.1 Å². The van der Waals surface area contributed by atoms with E-state index in [1.54, 1.807) is 18.5 Å². The third kappa shape index (κ3) is 5.00. The van der Waals surface area contributed by atoms with E-state index in [2.05, 4.69) is 25.1 Å². The Labute approximate surface area is 262 Å². The van der Waals surface area contributed by atoms with E-state index in [4.69, 9.17) is 30.8 Å². The smallest absolute Gasteiger partial charge is 0.462 e. The maximum atomic E-state index is 16.9. The van der Waals surface area contributed by atoms with Crippen LogP contribution >= 0.6 is 11.6 Å². The van der Waals surface area contributed by atoms with Gasteiger partial charge in [-0.15, -0.1) is 0 Å². The number of carbonyl (C=O) groups excluding carboxylic acids is 1. The highest BCUT2D eigenvalue weighted by Crippen LogP contribution is 2.50. The number of ether oxygens (including phenoxy) is 3. The summed E-state index contributed by atoms with van der Waals surface area (Å²) in [6, 6.07) is 1.59. The number of nitrogens with zero attached hydrogens (tertiary/aromatic N) is 6. The molecule has 0 unspecified atom stereocenters. The number of piperidine rings is 1. The number of likely N-dealkylation sites (tertiary alicyclic amines) is 1. The van der Waals surface area contributed by atoms with Crippen molar-refractivity contribution in [3.8, 4) is 17.3 Å². The first kappa shape index (κ1) is 28.6. The van der Waals surface area contributed by atoms with Crippen LogP contribution in [0.1, 0.15) is 37.7 Å². The second kappa shape index (κ2) is 10.9. The molecule has 236 valence electrons. The highest BCUT2D eigenvalue weighted by atomic mass is 35.5. The molecule has 8 heterocycles. The van der Waals surface area contributed by atoms with E-state index in [0.29, 0.717) is 77.2 Å². The number of hydrogen-bond donors (Lipinski definition) is 1. The van der Waals surface area contributed by atoms with Crippen LogP contribution in [-0.4, -0.2) is 94.4 Å². The van der Waals surface area contributed by atoms with Gasteiger partial charge in [-0.2, -0.15) is 15.1 Å². The van der Waals surface area contributed by atoms with E-state index in [1.165, 1.54) is 0 Å². The summed E-state index contributed by atoms with van der Waals surface area (Å²) >= 11 is 6.73. The molecule has 0 radical (unpaired) electrons. The normalized spacial score (nSPS) is 26.9. The van der Waals surface area contributed by atoms with Crippen molar-refractivity contribution in [3.05, 3.63) is 34.9 Å². The predicted octanol–water partition coefficient (Wildman–Crippen LogP) is 5.24. The minimum Gasteiger partial charge on any atom is -0.462 e. The lowest BCUT2D eigenvalue weighted by atomic mass is 9.62. The van der Waals surface area contributed by atoms with E-state index in [0.717, 1.165) is 12.8 Å². The molecule has 3 aromatic heterocycles. The molecule has 1 saturated carbocycles. The number of benzene rings is 1. The van der Waals surface area contributed by atoms with Crippen LogP contribution < -0.4 is 9.64 Å². The quantitative estimate of drug-likeness (QED) is 0.298. The molecule has 3 fully saturated rings. The van der Waals surface area contributed by atoms with Crippen molar-refractivity contribution in [2.24, 2.45) is 5.41 Å². The molecule has 0 amide bonds. The van der Waals surface area contributed by atoms with Gasteiger partial charge in [-0.05, 0) is 56.2 Å². The Morgan fingerprint density at radius 1 is 1.24 bits per heavy atom. The van der Waals surface area contributed by atoms with Crippen molar-refractivity contribution >= 4 is 45.4 Å². The lowest BCUT2D eigenvalue weighted by Crippen LogP contribution is -2.53. The summed E-state index contributed by atoms with van der Waals surface area (Å²) in [4.78, 5) is 30.6. The monoisotopic (exact) mass is 639 g/mol. The number of fused-ring (bicyclic) bond motifs is 1. The number of nitrogens with one attached hydrogen (secondary N) is 1. The first-order valence-corrected chi connectivity index (χ1v) is 15.7. The van der Waals surface area contributed by atoms with Gasteiger partial charge in [0.2, 0.25) is 0 Å². The van der Waals surface area contributed by atoms with E-state index in [9.17, 15) is 9.18 Å². The fourth-order valence-electron chi connectivity index (χ4n) is 7.61. The Bertz CT molecular complexity index is 1820. The van der Waals surface area contributed by atoms with Crippen molar-refractivity contribution in [3.63, 3.8) is 0 Å². The molecule has 2 saturated heterocycles. The minimum absolute atomic E-state index is 0.0184. The Hall–Kier alpha value is -3.84. The van der Waals surface area contributed by atoms with Crippen molar-refractivity contribution in [1.29, 1.82) is 0 Å². The molecule has 10 rings (SSSR count). The van der Waals surface area contributed by atoms with Crippen molar-refractivity contribution < 1.29 is 27.8 Å². The lowest BCUT2D eigenvalue weighted by molar-refractivity contribution is -0.0717. The van der Waals surface area contributed by atoms with Gasteiger partial charge in [0.15, 0.2) is 5.82 Å². The van der Waals surface area contributed by atoms with Gasteiger partial charge in [-0.3, -0.25) is 15.0 Å². The lowest BCUT2D eigenvalue weighted by Gasteiger charge is -2.52. The Kier molecular flexibility index (Phi) is 6.93. The fourth-order valence-corrected chi connectivity index (χ4v) is 7.91. The van der Waals surface area contributed by atoms with Crippen LogP contribution in [0, 0.1) is 11.2 Å². The zero-order valence-corrected chi connectivity index (χ0v) is 25.4. The zero-order valence-electron chi connectivity index (χ0n) is 24.7. The number of hydrogen-bond acceptors (Lipinski definition) is 10. The zero-order chi connectivity index (χ0) is 30.9. The number of halogens is 3. The number of H-pyrrole nitrogens is 1. The second-order valence-corrected chi connectivity index (χ2v) is 13.2. The van der Waals surface area contributed by atoms with Crippen LogP contribution in [-0.2, 0) is 15.9 Å². The van der Waals surface area contributed by atoms with Gasteiger partial charge in [-0.1, -0.05) is 11.6 Å². The summed E-state index contributed by atoms with van der Waals surface area (Å²) in [6.45, 7) is 1.85. The highest BCUT2D eigenvalue weighted by molar-refractivity contribution is 6.33. The summed E-state index contributed by atoms with van der Waals surface area (Å²) in [5.41, 5.74) is 1.60. The molecule has 7 bridgehead atoms. The first-order valence-electron chi connectivity index (χ1n) is 15.3. The number of anilines is 1. The van der Waals surface area contributed by atoms with Gasteiger partial charge in [0, 0.05) is 54.3 Å². The summed E-state index contributed by atoms with van der Waals surface area (Å²) in [5, 5.41) is 8.46. The van der Waals surface area contributed by atoms with E-state index >= 15 is 4.39 Å². The molecular weight excluding hydrogens is 608 g/mol. The third-order valence-electron chi connectivity index (χ3n) is 9.84. The number of pyridine rings is 1. The summed E-state index contributed by atoms with van der Waals surface area (Å²) in [7, 11) is 1.86. The summed E-state index contributed by atoms with van der Waals surface area (Å²) in [5.74, 6) is -0.128. The van der Waals surface area contributed by atoms with Crippen LogP contribution in [0.15, 0.2) is 18.5 Å². The molecule has 1 spiro atoms. The van der Waals surface area contributed by atoms with Crippen molar-refractivity contribution in [1.82, 2.24) is 30.0 Å². The Morgan fingerprint density at radius 3 is 2.93 bits per heavy atom. The summed E-state index contributed by atoms with van der Waals surface area (Å²) in [6.07, 6.45) is 5.12. The van der Waals surface area contributed by atoms with Gasteiger partial charge in [-0.25, -0.2) is 13.6 Å². The summed E-state index contributed by atoms with van der Waals surface area (Å²) < 4.78 is 48.1. The van der Waals surface area contributed by atoms with E-state index < -0.39 is 18.1 Å². The first-order chi connectivity index (χ1) is 21.8. The number of carbonyl (C=O) groups is 1. The maximum absolute atomic E-state index is 16.9. The third-order valence-corrected chi connectivity index (χ3v) is 10.2. The number of rotatable bonds is 3. The van der Waals surface area contributed by atoms with E-state index in [-0.39, 0.29) is 54.4 Å². The molecule has 1 aliphatic carbocycles. The fraction of sp³-hybridized carbons (Fsp3) is 0.516. The van der Waals surface area contributed by atoms with Gasteiger partial charge in [0.1, 0.15) is 35.9 Å². The number of aromatic amines is 1. The molecule has 1 N–H and O–H groups in total. The molecule has 14 heteroatoms. The average Bonchev–Trinajstić information content (AvgIpc) is 3.60. The van der Waals surface area contributed by atoms with E-state index in [1.807, 2.05) is 11.9 Å². The van der Waals surface area contributed by atoms with Crippen molar-refractivity contribution in [2.45, 2.75) is 56.8 Å². The topological polar surface area (TPSA) is 119 Å². The number of likely N-dealkylation sites (N-methyl/N-ethyl adjacent to an activating group) is 1. The molecule has 45 heavy (non-hydrogen) atoms. The average molecular weight is 640 g/mol. The second-order valence-electron chi connectivity index (χ2n) is 12.8. The molecular formula is C31H32ClF2N7O4. The largest absolute Gasteiger partial charge is 0.508 e. The standard InChI is InChI=1S/C31H32ClF2N7O4/c1-40-13-16(33)7-17(40)14-44-29-37-26-21-11-35-27(25(26)34)24-19(22(32)8-23-20(24)12-36-39-23)3-6-43-30(42)45-18-9-31(10-18)4-2-5-41(15-31)28(21)38-29/h8,11-12,16-18H,2-7,9-10,13-15H2,1H3,(H,36,39)/t16-,17+,18?,31?/m1/s1. The van der Waals surface area contributed by atoms with Gasteiger partial charge >= 0.3 is 12.2 Å². The molecule has 2 atom stereocenters. The van der Waals surface area contributed by atoms with Crippen LogP contribution in [0.4, 0.5) is 19.4 Å². The van der Waals surface area contributed by atoms with Crippen molar-refractivity contribution in [2.75, 3.05) is 44.8 Å².